The van der Waals surface area contributed by atoms with Gasteiger partial charge in [0.1, 0.15) is 18.2 Å². The first-order valence-electron chi connectivity index (χ1n) is 8.00. The molecule has 130 valence electrons. The van der Waals surface area contributed by atoms with Crippen LogP contribution < -0.4 is 14.8 Å². The molecule has 0 bridgehead atoms. The van der Waals surface area contributed by atoms with Gasteiger partial charge >= 0.3 is 0 Å². The summed E-state index contributed by atoms with van der Waals surface area (Å²) in [6.07, 6.45) is 6.75. The molecule has 0 saturated carbocycles. The molecule has 3 rings (SSSR count). The highest BCUT2D eigenvalue weighted by Gasteiger charge is 2.16. The maximum absolute atomic E-state index is 12.3. The first-order valence-corrected chi connectivity index (χ1v) is 8.00. The minimum absolute atomic E-state index is 0.0232. The van der Waals surface area contributed by atoms with Crippen LogP contribution in [0.5, 0.6) is 11.5 Å². The molecule has 1 amide bonds. The minimum atomic E-state index is -0.436. The molecule has 0 fully saturated rings. The predicted molar refractivity (Wildman–Crippen MR) is 96.2 cm³/mol. The molecule has 0 unspecified atom stereocenters. The van der Waals surface area contributed by atoms with E-state index in [0.717, 1.165) is 16.7 Å². The summed E-state index contributed by atoms with van der Waals surface area (Å²) in [4.78, 5) is 16.2. The number of benzene rings is 1. The average molecular weight is 347 g/mol. The predicted octanol–water partition coefficient (Wildman–Crippen LogP) is 2.63. The summed E-state index contributed by atoms with van der Waals surface area (Å²) in [5.41, 5.74) is 2.46. The Morgan fingerprint density at radius 2 is 2.31 bits per heavy atom. The molecule has 0 spiro atoms. The fourth-order valence-electron chi connectivity index (χ4n) is 2.56. The maximum atomic E-state index is 12.3. The van der Waals surface area contributed by atoms with Crippen LogP contribution in [0, 0.1) is 11.3 Å². The van der Waals surface area contributed by atoms with Gasteiger partial charge in [0.15, 0.2) is 11.5 Å². The molecule has 6 nitrogen and oxygen atoms in total. The minimum Gasteiger partial charge on any atom is -0.493 e. The van der Waals surface area contributed by atoms with E-state index in [-0.39, 0.29) is 12.2 Å². The number of nitrogens with zero attached hydrogens (tertiary/aromatic N) is 2. The van der Waals surface area contributed by atoms with Crippen LogP contribution in [0.1, 0.15) is 11.1 Å². The number of amides is 1. The van der Waals surface area contributed by atoms with Crippen molar-refractivity contribution in [3.63, 3.8) is 0 Å². The van der Waals surface area contributed by atoms with Crippen molar-refractivity contribution in [1.82, 2.24) is 10.3 Å². The molecular formula is C20H17N3O3. The topological polar surface area (TPSA) is 84.2 Å². The monoisotopic (exact) mass is 347 g/mol. The molecule has 1 N–H and O–H groups in total. The Balaban J connectivity index is 1.75. The number of nitrogens with one attached hydrogen (secondary N) is 1. The third-order valence-electron chi connectivity index (χ3n) is 3.82. The normalized spacial score (nSPS) is 12.9. The van der Waals surface area contributed by atoms with Gasteiger partial charge in [0.05, 0.1) is 7.11 Å². The molecule has 2 heterocycles. The first kappa shape index (κ1) is 17.2. The molecular weight excluding hydrogens is 330 g/mol. The van der Waals surface area contributed by atoms with Crippen LogP contribution in [0.2, 0.25) is 0 Å². The molecule has 6 heteroatoms. The van der Waals surface area contributed by atoms with Crippen molar-refractivity contribution >= 4 is 12.0 Å². The number of carbonyl (C=O) groups is 1. The summed E-state index contributed by atoms with van der Waals surface area (Å²) in [6, 6.07) is 11.2. The number of hydrogen-bond acceptors (Lipinski definition) is 5. The fraction of sp³-hybridized carbons (Fsp3) is 0.150. The number of carbonyl (C=O) groups excluding carboxylic acids is 1. The highest BCUT2D eigenvalue weighted by atomic mass is 16.5. The third-order valence-corrected chi connectivity index (χ3v) is 3.82. The van der Waals surface area contributed by atoms with Crippen molar-refractivity contribution in [2.45, 2.75) is 6.54 Å². The van der Waals surface area contributed by atoms with Gasteiger partial charge in [-0.15, -0.1) is 0 Å². The first-order chi connectivity index (χ1) is 12.7. The van der Waals surface area contributed by atoms with Crippen LogP contribution in [0.4, 0.5) is 0 Å². The van der Waals surface area contributed by atoms with E-state index in [2.05, 4.69) is 10.3 Å². The Morgan fingerprint density at radius 1 is 1.42 bits per heavy atom. The van der Waals surface area contributed by atoms with E-state index in [1.807, 2.05) is 36.4 Å². The second-order valence-electron chi connectivity index (χ2n) is 5.60. The Hall–Kier alpha value is -3.59. The van der Waals surface area contributed by atoms with E-state index in [4.69, 9.17) is 9.47 Å². The van der Waals surface area contributed by atoms with Gasteiger partial charge in [0.2, 0.25) is 0 Å². The van der Waals surface area contributed by atoms with E-state index in [0.29, 0.717) is 18.0 Å². The van der Waals surface area contributed by atoms with Gasteiger partial charge in [0.25, 0.3) is 5.91 Å². The van der Waals surface area contributed by atoms with E-state index >= 15 is 0 Å². The number of nitriles is 1. The van der Waals surface area contributed by atoms with E-state index in [1.165, 1.54) is 0 Å². The van der Waals surface area contributed by atoms with Crippen molar-refractivity contribution in [2.75, 3.05) is 13.7 Å². The number of aromatic nitrogens is 1. The van der Waals surface area contributed by atoms with Gasteiger partial charge in [-0.25, -0.2) is 0 Å². The largest absolute Gasteiger partial charge is 0.493 e. The van der Waals surface area contributed by atoms with Crippen molar-refractivity contribution in [1.29, 1.82) is 5.26 Å². The Morgan fingerprint density at radius 3 is 3.04 bits per heavy atom. The van der Waals surface area contributed by atoms with E-state index in [9.17, 15) is 10.1 Å². The molecule has 1 aromatic carbocycles. The van der Waals surface area contributed by atoms with Gasteiger partial charge in [0, 0.05) is 24.5 Å². The number of fused-ring (bicyclic) bond motifs is 1. The molecule has 0 radical (unpaired) electrons. The molecule has 2 aromatic rings. The molecule has 0 aliphatic carbocycles. The molecule has 0 saturated heterocycles. The second kappa shape index (κ2) is 7.99. The number of para-hydroxylation sites is 1. The quantitative estimate of drug-likeness (QED) is 0.664. The number of hydrogen-bond donors (Lipinski definition) is 1. The SMILES string of the molecule is COc1cccc2c1OCC(C=C(C#N)C(=O)NCc1cccnc1)=C2. The Kier molecular flexibility index (Phi) is 5.30. The van der Waals surface area contributed by atoms with E-state index < -0.39 is 5.91 Å². The molecule has 1 aliphatic rings. The van der Waals surface area contributed by atoms with Gasteiger partial charge < -0.3 is 14.8 Å². The molecule has 1 aromatic heterocycles. The van der Waals surface area contributed by atoms with Gasteiger partial charge in [-0.2, -0.15) is 5.26 Å². The van der Waals surface area contributed by atoms with Crippen molar-refractivity contribution < 1.29 is 14.3 Å². The zero-order valence-electron chi connectivity index (χ0n) is 14.2. The summed E-state index contributed by atoms with van der Waals surface area (Å²) < 4.78 is 11.0. The standard InChI is InChI=1S/C20H17N3O3/c1-25-18-6-2-5-16-8-15(13-26-19(16)18)9-17(10-21)20(24)23-12-14-4-3-7-22-11-14/h2-9,11H,12-13H2,1H3,(H,23,24). The van der Waals surface area contributed by atoms with Crippen molar-refractivity contribution in [3.05, 3.63) is 71.1 Å². The van der Waals surface area contributed by atoms with Crippen LogP contribution >= 0.6 is 0 Å². The Labute approximate surface area is 151 Å². The number of rotatable bonds is 5. The Bertz CT molecular complexity index is 912. The van der Waals surface area contributed by atoms with Crippen LogP contribution in [0.25, 0.3) is 6.08 Å². The number of ether oxygens (including phenoxy) is 2. The zero-order chi connectivity index (χ0) is 18.4. The summed E-state index contributed by atoms with van der Waals surface area (Å²) in [5, 5.41) is 12.0. The fourth-order valence-corrected chi connectivity index (χ4v) is 2.56. The van der Waals surface area contributed by atoms with Gasteiger partial charge in [-0.1, -0.05) is 18.2 Å². The highest BCUT2D eigenvalue weighted by Crippen LogP contribution is 2.35. The molecule has 1 aliphatic heterocycles. The smallest absolute Gasteiger partial charge is 0.262 e. The zero-order valence-corrected chi connectivity index (χ0v) is 14.2. The van der Waals surface area contributed by atoms with E-state index in [1.54, 1.807) is 31.6 Å². The van der Waals surface area contributed by atoms with Gasteiger partial charge in [-0.05, 0) is 35.4 Å². The third kappa shape index (κ3) is 3.90. The lowest BCUT2D eigenvalue weighted by atomic mass is 10.0. The summed E-state index contributed by atoms with van der Waals surface area (Å²) in [6.45, 7) is 0.565. The number of pyridine rings is 1. The van der Waals surface area contributed by atoms with Gasteiger partial charge in [-0.3, -0.25) is 9.78 Å². The van der Waals surface area contributed by atoms with Crippen LogP contribution in [-0.2, 0) is 11.3 Å². The highest BCUT2D eigenvalue weighted by molar-refractivity contribution is 5.98. The lowest BCUT2D eigenvalue weighted by Gasteiger charge is -2.18. The molecule has 0 atom stereocenters. The average Bonchev–Trinajstić information content (AvgIpc) is 2.70. The van der Waals surface area contributed by atoms with Crippen molar-refractivity contribution in [3.8, 4) is 17.6 Å². The van der Waals surface area contributed by atoms with Crippen molar-refractivity contribution in [2.24, 2.45) is 0 Å². The molecule has 26 heavy (non-hydrogen) atoms. The lowest BCUT2D eigenvalue weighted by Crippen LogP contribution is -2.24. The van der Waals surface area contributed by atoms with Crippen LogP contribution in [0.15, 0.2) is 59.9 Å². The maximum Gasteiger partial charge on any atom is 0.262 e. The summed E-state index contributed by atoms with van der Waals surface area (Å²) in [7, 11) is 1.58. The van der Waals surface area contributed by atoms with Crippen LogP contribution in [0.3, 0.4) is 0 Å². The summed E-state index contributed by atoms with van der Waals surface area (Å²) in [5.74, 6) is 0.872. The number of methoxy groups -OCH3 is 1. The summed E-state index contributed by atoms with van der Waals surface area (Å²) >= 11 is 0. The second-order valence-corrected chi connectivity index (χ2v) is 5.60. The van der Waals surface area contributed by atoms with Crippen LogP contribution in [-0.4, -0.2) is 24.6 Å². The lowest BCUT2D eigenvalue weighted by molar-refractivity contribution is -0.117.